The maximum Gasteiger partial charge on any atom is 0.172 e. The molecule has 0 aliphatic heterocycles. The largest absolute Gasteiger partial charge is 0.309 e. The summed E-state index contributed by atoms with van der Waals surface area (Å²) in [6.07, 6.45) is 0. The second-order valence-corrected chi connectivity index (χ2v) is 15.4. The van der Waals surface area contributed by atoms with Gasteiger partial charge in [-0.1, -0.05) is 182 Å². The van der Waals surface area contributed by atoms with Gasteiger partial charge < -0.3 is 4.57 Å². The zero-order chi connectivity index (χ0) is 33.5. The molecule has 0 saturated heterocycles. The number of benzene rings is 9. The lowest BCUT2D eigenvalue weighted by Crippen LogP contribution is -2.27. The van der Waals surface area contributed by atoms with Crippen molar-refractivity contribution in [2.45, 2.75) is 0 Å². The summed E-state index contributed by atoms with van der Waals surface area (Å²) in [6, 6.07) is 69.7. The normalized spacial score (nSPS) is 11.7. The van der Waals surface area contributed by atoms with Crippen LogP contribution in [0.25, 0.3) is 65.7 Å². The molecule has 0 aromatic heterocycles. The van der Waals surface area contributed by atoms with Crippen molar-refractivity contribution in [2.24, 2.45) is 0 Å². The summed E-state index contributed by atoms with van der Waals surface area (Å²) in [5.74, 6) is 0. The first-order valence-electron chi connectivity index (χ1n) is 17.0. The molecular formula is C48H33OP. The average Bonchev–Trinajstić information content (AvgIpc) is 3.20. The van der Waals surface area contributed by atoms with Crippen molar-refractivity contribution in [1.82, 2.24) is 0 Å². The van der Waals surface area contributed by atoms with Crippen LogP contribution in [-0.4, -0.2) is 0 Å². The Labute approximate surface area is 292 Å². The van der Waals surface area contributed by atoms with Crippen molar-refractivity contribution < 1.29 is 4.57 Å². The summed E-state index contributed by atoms with van der Waals surface area (Å²) in [6.45, 7) is 0. The smallest absolute Gasteiger partial charge is 0.172 e. The quantitative estimate of drug-likeness (QED) is 0.163. The van der Waals surface area contributed by atoms with E-state index in [1.807, 2.05) is 18.2 Å². The van der Waals surface area contributed by atoms with Gasteiger partial charge in [0.15, 0.2) is 7.14 Å². The molecule has 0 N–H and O–H groups in total. The van der Waals surface area contributed by atoms with Crippen molar-refractivity contribution in [3.8, 4) is 33.4 Å². The monoisotopic (exact) mass is 656 g/mol. The van der Waals surface area contributed by atoms with Crippen LogP contribution in [0.3, 0.4) is 0 Å². The van der Waals surface area contributed by atoms with Crippen LogP contribution in [0.1, 0.15) is 0 Å². The van der Waals surface area contributed by atoms with Crippen LogP contribution in [0, 0.1) is 0 Å². The Morgan fingerprint density at radius 2 is 0.480 bits per heavy atom. The highest BCUT2D eigenvalue weighted by atomic mass is 31.2. The lowest BCUT2D eigenvalue weighted by Gasteiger charge is -2.26. The topological polar surface area (TPSA) is 17.1 Å². The van der Waals surface area contributed by atoms with Crippen LogP contribution >= 0.6 is 7.14 Å². The molecule has 0 saturated carbocycles. The van der Waals surface area contributed by atoms with Gasteiger partial charge in [-0.25, -0.2) is 0 Å². The van der Waals surface area contributed by atoms with Gasteiger partial charge in [0.25, 0.3) is 0 Å². The zero-order valence-electron chi connectivity index (χ0n) is 27.4. The Balaban J connectivity index is 1.40. The number of hydrogen-bond donors (Lipinski definition) is 0. The first-order chi connectivity index (χ1) is 24.7. The highest BCUT2D eigenvalue weighted by Crippen LogP contribution is 2.50. The summed E-state index contributed by atoms with van der Waals surface area (Å²) in [7, 11) is -3.55. The van der Waals surface area contributed by atoms with Crippen molar-refractivity contribution in [1.29, 1.82) is 0 Å². The van der Waals surface area contributed by atoms with E-state index < -0.39 is 7.14 Å². The summed E-state index contributed by atoms with van der Waals surface area (Å²) in [5, 5.41) is 8.83. The third-order valence-corrected chi connectivity index (χ3v) is 13.2. The first kappa shape index (κ1) is 30.1. The van der Waals surface area contributed by atoms with Crippen molar-refractivity contribution in [3.05, 3.63) is 200 Å². The van der Waals surface area contributed by atoms with E-state index >= 15 is 4.57 Å². The average molecular weight is 657 g/mol. The third-order valence-electron chi connectivity index (χ3n) is 9.98. The molecule has 0 radical (unpaired) electrons. The number of fused-ring (bicyclic) bond motifs is 3. The molecule has 0 aliphatic rings. The zero-order valence-corrected chi connectivity index (χ0v) is 28.3. The predicted molar refractivity (Wildman–Crippen MR) is 215 cm³/mol. The van der Waals surface area contributed by atoms with Crippen LogP contribution in [0.4, 0.5) is 0 Å². The van der Waals surface area contributed by atoms with Gasteiger partial charge in [-0.15, -0.1) is 0 Å². The second kappa shape index (κ2) is 12.5. The number of rotatable bonds is 6. The lowest BCUT2D eigenvalue weighted by atomic mass is 9.98. The molecule has 2 heteroatoms. The molecule has 0 heterocycles. The third kappa shape index (κ3) is 4.90. The Bertz CT molecular complexity index is 2410. The fraction of sp³-hybridized carbons (Fsp3) is 0. The van der Waals surface area contributed by atoms with E-state index in [0.29, 0.717) is 0 Å². The number of hydrogen-bond acceptors (Lipinski definition) is 1. The van der Waals surface area contributed by atoms with Gasteiger partial charge >= 0.3 is 0 Å². The van der Waals surface area contributed by atoms with E-state index in [1.165, 1.54) is 0 Å². The highest BCUT2D eigenvalue weighted by Gasteiger charge is 2.35. The summed E-state index contributed by atoms with van der Waals surface area (Å²) >= 11 is 0. The van der Waals surface area contributed by atoms with E-state index in [9.17, 15) is 0 Å². The molecule has 9 rings (SSSR count). The van der Waals surface area contributed by atoms with Gasteiger partial charge in [-0.05, 0) is 83.9 Å². The molecule has 50 heavy (non-hydrogen) atoms. The fourth-order valence-electron chi connectivity index (χ4n) is 7.67. The minimum atomic E-state index is -3.55. The van der Waals surface area contributed by atoms with E-state index in [4.69, 9.17) is 0 Å². The van der Waals surface area contributed by atoms with Crippen LogP contribution in [0.2, 0.25) is 0 Å². The molecule has 0 unspecified atom stereocenters. The van der Waals surface area contributed by atoms with Gasteiger partial charge in [0, 0.05) is 15.9 Å². The Morgan fingerprint density at radius 1 is 0.240 bits per heavy atom. The Morgan fingerprint density at radius 3 is 0.760 bits per heavy atom. The predicted octanol–water partition coefficient (Wildman–Crippen LogP) is 11.8. The molecule has 9 aromatic rings. The van der Waals surface area contributed by atoms with Crippen LogP contribution in [-0.2, 0) is 4.57 Å². The van der Waals surface area contributed by atoms with Gasteiger partial charge in [-0.3, -0.25) is 0 Å². The summed E-state index contributed by atoms with van der Waals surface area (Å²) < 4.78 is 17.0. The summed E-state index contributed by atoms with van der Waals surface area (Å²) in [5.41, 5.74) is 6.81. The van der Waals surface area contributed by atoms with Gasteiger partial charge in [0.1, 0.15) is 0 Å². The molecule has 1 nitrogen and oxygen atoms in total. The molecule has 0 spiro atoms. The summed E-state index contributed by atoms with van der Waals surface area (Å²) in [4.78, 5) is 0. The minimum absolute atomic E-state index is 0.850. The molecule has 0 bridgehead atoms. The molecule has 0 amide bonds. The van der Waals surface area contributed by atoms with Crippen LogP contribution in [0.15, 0.2) is 200 Å². The standard InChI is InChI=1S/C48H33OP/c49-50(46-31-28-37(34-16-4-1-5-17-34)40-22-10-13-25-43(40)46,47-32-29-38(35-18-6-2-7-19-35)41-23-11-14-26-44(41)47)48-33-30-39(36-20-8-3-9-21-36)42-24-12-15-27-45(42)48/h1-33H. The SMILES string of the molecule is O=P(c1ccc(-c2ccccc2)c2ccccc12)(c1ccc(-c2ccccc2)c2ccccc12)c1ccc(-c2ccccc2)c2ccccc12. The molecule has 0 fully saturated rings. The second-order valence-electron chi connectivity index (χ2n) is 12.7. The Kier molecular flexibility index (Phi) is 7.50. The lowest BCUT2D eigenvalue weighted by molar-refractivity contribution is 0.593. The maximum absolute atomic E-state index is 17.0. The first-order valence-corrected chi connectivity index (χ1v) is 18.8. The highest BCUT2D eigenvalue weighted by molar-refractivity contribution is 7.86. The van der Waals surface area contributed by atoms with Crippen molar-refractivity contribution in [2.75, 3.05) is 0 Å². The molecule has 9 aromatic carbocycles. The minimum Gasteiger partial charge on any atom is -0.309 e. The van der Waals surface area contributed by atoms with E-state index in [-0.39, 0.29) is 0 Å². The molecule has 0 aliphatic carbocycles. The van der Waals surface area contributed by atoms with E-state index in [2.05, 4.69) is 182 Å². The molecule has 0 atom stereocenters. The van der Waals surface area contributed by atoms with Gasteiger partial charge in [0.05, 0.1) is 0 Å². The molecule has 236 valence electrons. The van der Waals surface area contributed by atoms with Crippen LogP contribution < -0.4 is 15.9 Å². The molecular weight excluding hydrogens is 624 g/mol. The van der Waals surface area contributed by atoms with Gasteiger partial charge in [0.2, 0.25) is 0 Å². The van der Waals surface area contributed by atoms with E-state index in [0.717, 1.165) is 81.6 Å². The fourth-order valence-corrected chi connectivity index (χ4v) is 10.9. The van der Waals surface area contributed by atoms with E-state index in [1.54, 1.807) is 0 Å². The van der Waals surface area contributed by atoms with Crippen LogP contribution in [0.5, 0.6) is 0 Å². The van der Waals surface area contributed by atoms with Crippen molar-refractivity contribution in [3.63, 3.8) is 0 Å². The van der Waals surface area contributed by atoms with Crippen molar-refractivity contribution >= 4 is 55.4 Å². The Hall–Kier alpha value is -6.01. The maximum atomic E-state index is 17.0. The van der Waals surface area contributed by atoms with Gasteiger partial charge in [-0.2, -0.15) is 0 Å².